The summed E-state index contributed by atoms with van der Waals surface area (Å²) in [5.74, 6) is 0. The molecule has 1 aromatic heterocycles. The number of alkyl halides is 2. The molecule has 1 aromatic rings. The van der Waals surface area contributed by atoms with Crippen LogP contribution in [0.4, 0.5) is 19.3 Å². The van der Waals surface area contributed by atoms with Crippen molar-refractivity contribution in [3.05, 3.63) is 12.4 Å². The SMILES string of the molecule is O=C(NCC1(O)CCCCC1)Nc1cnn(CC(F)F)c1. The molecule has 1 heterocycles. The van der Waals surface area contributed by atoms with E-state index in [1.54, 1.807) is 0 Å². The molecule has 8 heteroatoms. The number of nitrogens with zero attached hydrogens (tertiary/aromatic N) is 2. The van der Waals surface area contributed by atoms with Gasteiger partial charge in [-0.3, -0.25) is 4.68 Å². The molecule has 0 unspecified atom stereocenters. The van der Waals surface area contributed by atoms with Gasteiger partial charge in [0.15, 0.2) is 0 Å². The average molecular weight is 302 g/mol. The maximum absolute atomic E-state index is 12.2. The van der Waals surface area contributed by atoms with Crippen LogP contribution in [0.3, 0.4) is 0 Å². The largest absolute Gasteiger partial charge is 0.388 e. The van der Waals surface area contributed by atoms with Gasteiger partial charge in [0.1, 0.15) is 6.54 Å². The van der Waals surface area contributed by atoms with E-state index in [1.807, 2.05) is 0 Å². The number of hydrogen-bond donors (Lipinski definition) is 3. The van der Waals surface area contributed by atoms with E-state index < -0.39 is 24.6 Å². The minimum atomic E-state index is -2.49. The third kappa shape index (κ3) is 4.96. The van der Waals surface area contributed by atoms with Gasteiger partial charge in [0.05, 0.1) is 17.5 Å². The van der Waals surface area contributed by atoms with Crippen LogP contribution in [0.1, 0.15) is 32.1 Å². The first kappa shape index (κ1) is 15.7. The van der Waals surface area contributed by atoms with Crippen molar-refractivity contribution in [1.82, 2.24) is 15.1 Å². The number of anilines is 1. The molecule has 6 nitrogen and oxygen atoms in total. The molecule has 0 radical (unpaired) electrons. The molecule has 3 N–H and O–H groups in total. The number of carbonyl (C=O) groups excluding carboxylic acids is 1. The molecule has 2 amide bonds. The second-order valence-corrected chi connectivity index (χ2v) is 5.43. The summed E-state index contributed by atoms with van der Waals surface area (Å²) in [6.07, 6.45) is 4.53. The Morgan fingerprint density at radius 2 is 2.14 bits per heavy atom. The zero-order valence-electron chi connectivity index (χ0n) is 11.7. The number of rotatable bonds is 5. The summed E-state index contributed by atoms with van der Waals surface area (Å²) < 4.78 is 25.4. The molecule has 21 heavy (non-hydrogen) atoms. The predicted octanol–water partition coefficient (Wildman–Crippen LogP) is 1.96. The molecular weight excluding hydrogens is 282 g/mol. The number of nitrogens with one attached hydrogen (secondary N) is 2. The van der Waals surface area contributed by atoms with Crippen molar-refractivity contribution in [3.8, 4) is 0 Å². The van der Waals surface area contributed by atoms with Crippen LogP contribution in [0.5, 0.6) is 0 Å². The van der Waals surface area contributed by atoms with Crippen LogP contribution in [-0.4, -0.2) is 39.5 Å². The van der Waals surface area contributed by atoms with Crippen LogP contribution in [0.25, 0.3) is 0 Å². The van der Waals surface area contributed by atoms with Gasteiger partial charge in [0.25, 0.3) is 6.43 Å². The highest BCUT2D eigenvalue weighted by molar-refractivity contribution is 5.88. The first-order valence-electron chi connectivity index (χ1n) is 7.05. The Morgan fingerprint density at radius 1 is 1.43 bits per heavy atom. The highest BCUT2D eigenvalue weighted by Crippen LogP contribution is 2.27. The van der Waals surface area contributed by atoms with Crippen molar-refractivity contribution in [3.63, 3.8) is 0 Å². The lowest BCUT2D eigenvalue weighted by Gasteiger charge is -2.32. The van der Waals surface area contributed by atoms with Gasteiger partial charge in [-0.05, 0) is 12.8 Å². The van der Waals surface area contributed by atoms with Crippen LogP contribution in [-0.2, 0) is 6.54 Å². The normalized spacial score (nSPS) is 17.7. The van der Waals surface area contributed by atoms with Gasteiger partial charge in [-0.2, -0.15) is 5.10 Å². The van der Waals surface area contributed by atoms with Crippen molar-refractivity contribution in [2.75, 3.05) is 11.9 Å². The fourth-order valence-electron chi connectivity index (χ4n) is 2.48. The number of amides is 2. The molecule has 1 fully saturated rings. The van der Waals surface area contributed by atoms with Crippen LogP contribution < -0.4 is 10.6 Å². The molecule has 0 aliphatic heterocycles. The monoisotopic (exact) mass is 302 g/mol. The van der Waals surface area contributed by atoms with E-state index in [2.05, 4.69) is 15.7 Å². The van der Waals surface area contributed by atoms with E-state index in [4.69, 9.17) is 0 Å². The van der Waals surface area contributed by atoms with E-state index in [-0.39, 0.29) is 6.54 Å². The minimum absolute atomic E-state index is 0.185. The van der Waals surface area contributed by atoms with Crippen LogP contribution >= 0.6 is 0 Å². The fraction of sp³-hybridized carbons (Fsp3) is 0.692. The van der Waals surface area contributed by atoms with Crippen molar-refractivity contribution in [1.29, 1.82) is 0 Å². The summed E-state index contributed by atoms with van der Waals surface area (Å²) in [6.45, 7) is -0.326. The van der Waals surface area contributed by atoms with E-state index in [9.17, 15) is 18.7 Å². The van der Waals surface area contributed by atoms with Crippen LogP contribution in [0.2, 0.25) is 0 Å². The third-order valence-electron chi connectivity index (χ3n) is 3.58. The van der Waals surface area contributed by atoms with Crippen molar-refractivity contribution in [2.24, 2.45) is 0 Å². The summed E-state index contributed by atoms with van der Waals surface area (Å²) in [5, 5.41) is 19.1. The standard InChI is InChI=1S/C13H20F2N4O2/c14-11(15)8-19-7-10(6-17-19)18-12(20)16-9-13(21)4-2-1-3-5-13/h6-7,11,21H,1-5,8-9H2,(H2,16,18,20). The van der Waals surface area contributed by atoms with Gasteiger partial charge in [-0.15, -0.1) is 0 Å². The molecular formula is C13H20F2N4O2. The van der Waals surface area contributed by atoms with Crippen molar-refractivity contribution >= 4 is 11.7 Å². The number of aliphatic hydroxyl groups is 1. The zero-order valence-corrected chi connectivity index (χ0v) is 11.7. The fourth-order valence-corrected chi connectivity index (χ4v) is 2.48. The summed E-state index contributed by atoms with van der Waals surface area (Å²) in [7, 11) is 0. The smallest absolute Gasteiger partial charge is 0.319 e. The van der Waals surface area contributed by atoms with Crippen molar-refractivity contribution in [2.45, 2.75) is 50.7 Å². The lowest BCUT2D eigenvalue weighted by Crippen LogP contribution is -2.45. The Hall–Kier alpha value is -1.70. The summed E-state index contributed by atoms with van der Waals surface area (Å²) >= 11 is 0. The first-order valence-corrected chi connectivity index (χ1v) is 7.05. The molecule has 0 spiro atoms. The number of hydrogen-bond acceptors (Lipinski definition) is 3. The molecule has 0 saturated heterocycles. The Morgan fingerprint density at radius 3 is 2.81 bits per heavy atom. The van der Waals surface area contributed by atoms with Gasteiger partial charge in [-0.25, -0.2) is 13.6 Å². The van der Waals surface area contributed by atoms with E-state index in [1.165, 1.54) is 12.4 Å². The molecule has 0 atom stereocenters. The number of carbonyl (C=O) groups is 1. The number of aromatic nitrogens is 2. The Balaban J connectivity index is 1.77. The Bertz CT molecular complexity index is 472. The van der Waals surface area contributed by atoms with Crippen molar-refractivity contribution < 1.29 is 18.7 Å². The quantitative estimate of drug-likeness (QED) is 0.778. The molecule has 118 valence electrons. The molecule has 1 saturated carbocycles. The lowest BCUT2D eigenvalue weighted by molar-refractivity contribution is 0.00755. The number of halogens is 2. The summed E-state index contributed by atoms with van der Waals surface area (Å²) in [4.78, 5) is 11.7. The Kier molecular flexibility index (Phi) is 5.11. The van der Waals surface area contributed by atoms with Gasteiger partial charge in [0.2, 0.25) is 0 Å². The van der Waals surface area contributed by atoms with E-state index in [0.717, 1.165) is 23.9 Å². The minimum Gasteiger partial charge on any atom is -0.388 e. The maximum Gasteiger partial charge on any atom is 0.319 e. The lowest BCUT2D eigenvalue weighted by atomic mass is 9.85. The van der Waals surface area contributed by atoms with Gasteiger partial charge < -0.3 is 15.7 Å². The zero-order chi connectivity index (χ0) is 15.3. The predicted molar refractivity (Wildman–Crippen MR) is 73.3 cm³/mol. The highest BCUT2D eigenvalue weighted by atomic mass is 19.3. The van der Waals surface area contributed by atoms with Gasteiger partial charge in [-0.1, -0.05) is 19.3 Å². The second kappa shape index (κ2) is 6.84. The molecule has 2 rings (SSSR count). The third-order valence-corrected chi connectivity index (χ3v) is 3.58. The van der Waals surface area contributed by atoms with Gasteiger partial charge in [0, 0.05) is 12.7 Å². The highest BCUT2D eigenvalue weighted by Gasteiger charge is 2.29. The molecule has 1 aliphatic rings. The maximum atomic E-state index is 12.2. The number of urea groups is 1. The topological polar surface area (TPSA) is 79.2 Å². The van der Waals surface area contributed by atoms with E-state index >= 15 is 0 Å². The molecule has 1 aliphatic carbocycles. The van der Waals surface area contributed by atoms with Crippen LogP contribution in [0.15, 0.2) is 12.4 Å². The Labute approximate surface area is 121 Å². The van der Waals surface area contributed by atoms with Gasteiger partial charge >= 0.3 is 6.03 Å². The average Bonchev–Trinajstić information content (AvgIpc) is 2.84. The molecule has 0 aromatic carbocycles. The second-order valence-electron chi connectivity index (χ2n) is 5.43. The van der Waals surface area contributed by atoms with Crippen LogP contribution in [0, 0.1) is 0 Å². The summed E-state index contributed by atoms with van der Waals surface area (Å²) in [6, 6.07) is -0.481. The molecule has 0 bridgehead atoms. The van der Waals surface area contributed by atoms with E-state index in [0.29, 0.717) is 18.5 Å². The first-order chi connectivity index (χ1) is 9.97. The summed E-state index contributed by atoms with van der Waals surface area (Å²) in [5.41, 5.74) is -0.501.